The minimum Gasteiger partial charge on any atom is -0.362 e. The second kappa shape index (κ2) is 8.14. The molecule has 0 unspecified atom stereocenters. The van der Waals surface area contributed by atoms with Gasteiger partial charge >= 0.3 is 0 Å². The van der Waals surface area contributed by atoms with Crippen molar-refractivity contribution < 1.29 is 0 Å². The Labute approximate surface area is 137 Å². The number of rotatable bonds is 5. The maximum Gasteiger partial charge on any atom is 0.172 e. The van der Waals surface area contributed by atoms with Crippen molar-refractivity contribution in [2.24, 2.45) is 5.11 Å². The highest BCUT2D eigenvalue weighted by atomic mass is 35.5. The molecule has 22 heavy (non-hydrogen) atoms. The summed E-state index contributed by atoms with van der Waals surface area (Å²) in [6, 6.07) is 7.39. The van der Waals surface area contributed by atoms with Gasteiger partial charge in [-0.05, 0) is 29.7 Å². The van der Waals surface area contributed by atoms with Crippen molar-refractivity contribution >= 4 is 40.4 Å². The lowest BCUT2D eigenvalue weighted by atomic mass is 10.1. The normalized spacial score (nSPS) is 9.68. The van der Waals surface area contributed by atoms with Gasteiger partial charge in [-0.2, -0.15) is 0 Å². The Morgan fingerprint density at radius 3 is 2.86 bits per heavy atom. The number of nitrogens with zero attached hydrogens (tertiary/aromatic N) is 5. The van der Waals surface area contributed by atoms with Gasteiger partial charge in [0.2, 0.25) is 0 Å². The summed E-state index contributed by atoms with van der Waals surface area (Å²) in [7, 11) is 0. The Morgan fingerprint density at radius 2 is 2.09 bits per heavy atom. The smallest absolute Gasteiger partial charge is 0.172 e. The molecule has 0 spiro atoms. The van der Waals surface area contributed by atoms with Crippen LogP contribution >= 0.6 is 23.8 Å². The maximum atomic E-state index is 8.53. The highest BCUT2D eigenvalue weighted by Crippen LogP contribution is 2.19. The number of hydrogen-bond donors (Lipinski definition) is 2. The van der Waals surface area contributed by atoms with E-state index in [1.54, 1.807) is 6.07 Å². The summed E-state index contributed by atoms with van der Waals surface area (Å²) in [5, 5.41) is 10.2. The number of halogens is 1. The van der Waals surface area contributed by atoms with E-state index in [4.69, 9.17) is 29.3 Å². The number of nitrogens with one attached hydrogen (secondary N) is 2. The number of thiocarbonyl (C=S) groups is 1. The zero-order valence-electron chi connectivity index (χ0n) is 11.4. The van der Waals surface area contributed by atoms with Crippen molar-refractivity contribution in [1.82, 2.24) is 15.3 Å². The molecule has 0 aliphatic carbocycles. The maximum absolute atomic E-state index is 8.53. The van der Waals surface area contributed by atoms with Gasteiger partial charge in [0.1, 0.15) is 0 Å². The fraction of sp³-hybridized carbons (Fsp3) is 0.154. The lowest BCUT2D eigenvalue weighted by Crippen LogP contribution is -2.30. The first kappa shape index (κ1) is 16.0. The monoisotopic (exact) mass is 333 g/mol. The van der Waals surface area contributed by atoms with Crippen molar-refractivity contribution in [2.75, 3.05) is 11.9 Å². The Hall–Kier alpha value is -2.41. The highest BCUT2D eigenvalue weighted by Gasteiger charge is 2.04. The minimum atomic E-state index is 0.250. The molecule has 2 aromatic rings. The summed E-state index contributed by atoms with van der Waals surface area (Å²) in [4.78, 5) is 10.7. The standard InChI is InChI=1S/C13H12ClN7S/c14-11-12(17-8-7-16-11)19-13(22)18-6-5-9-3-1-2-4-10(9)20-21-15/h1-4,7-8H,5-6H2,(H2,17,18,19,22). The van der Waals surface area contributed by atoms with Crippen molar-refractivity contribution in [3.8, 4) is 0 Å². The average molecular weight is 334 g/mol. The first-order valence-corrected chi connectivity index (χ1v) is 7.13. The summed E-state index contributed by atoms with van der Waals surface area (Å²) in [5.41, 5.74) is 10.1. The number of anilines is 1. The van der Waals surface area contributed by atoms with Crippen LogP contribution in [0.1, 0.15) is 5.56 Å². The van der Waals surface area contributed by atoms with Crippen LogP contribution < -0.4 is 10.6 Å². The minimum absolute atomic E-state index is 0.250. The highest BCUT2D eigenvalue weighted by molar-refractivity contribution is 7.80. The first-order chi connectivity index (χ1) is 10.7. The fourth-order valence-electron chi connectivity index (χ4n) is 1.74. The van der Waals surface area contributed by atoms with Crippen LogP contribution in [-0.4, -0.2) is 21.6 Å². The molecule has 0 fully saturated rings. The molecule has 9 heteroatoms. The molecule has 112 valence electrons. The van der Waals surface area contributed by atoms with Crippen molar-refractivity contribution in [1.29, 1.82) is 0 Å². The first-order valence-electron chi connectivity index (χ1n) is 6.35. The van der Waals surface area contributed by atoms with E-state index < -0.39 is 0 Å². The largest absolute Gasteiger partial charge is 0.362 e. The quantitative estimate of drug-likeness (QED) is 0.377. The summed E-state index contributed by atoms with van der Waals surface area (Å²) in [5.74, 6) is 0.399. The van der Waals surface area contributed by atoms with Gasteiger partial charge in [-0.25, -0.2) is 9.97 Å². The van der Waals surface area contributed by atoms with Gasteiger partial charge in [-0.1, -0.05) is 41.0 Å². The van der Waals surface area contributed by atoms with E-state index >= 15 is 0 Å². The van der Waals surface area contributed by atoms with Crippen molar-refractivity contribution in [2.45, 2.75) is 6.42 Å². The summed E-state index contributed by atoms with van der Waals surface area (Å²) < 4.78 is 0. The van der Waals surface area contributed by atoms with Gasteiger partial charge in [0, 0.05) is 29.5 Å². The van der Waals surface area contributed by atoms with Gasteiger partial charge in [-0.15, -0.1) is 0 Å². The molecule has 1 heterocycles. The zero-order valence-corrected chi connectivity index (χ0v) is 13.0. The topological polar surface area (TPSA) is 98.6 Å². The fourth-order valence-corrected chi connectivity index (χ4v) is 2.09. The third-order valence-electron chi connectivity index (χ3n) is 2.71. The lowest BCUT2D eigenvalue weighted by molar-refractivity contribution is 0.872. The van der Waals surface area contributed by atoms with Crippen molar-refractivity contribution in [3.63, 3.8) is 0 Å². The van der Waals surface area contributed by atoms with E-state index in [0.717, 1.165) is 5.56 Å². The predicted molar refractivity (Wildman–Crippen MR) is 90.2 cm³/mol. The molecule has 0 bridgehead atoms. The van der Waals surface area contributed by atoms with Crippen LogP contribution in [0.3, 0.4) is 0 Å². The summed E-state index contributed by atoms with van der Waals surface area (Å²) >= 11 is 11.0. The van der Waals surface area contributed by atoms with Gasteiger partial charge in [0.05, 0.1) is 0 Å². The third-order valence-corrected chi connectivity index (χ3v) is 3.23. The van der Waals surface area contributed by atoms with E-state index in [2.05, 4.69) is 30.6 Å². The molecule has 0 radical (unpaired) electrons. The van der Waals surface area contributed by atoms with Crippen LogP contribution in [0.4, 0.5) is 11.5 Å². The number of azide groups is 1. The van der Waals surface area contributed by atoms with Crippen LogP contribution in [0.5, 0.6) is 0 Å². The summed E-state index contributed by atoms with van der Waals surface area (Å²) in [6.07, 6.45) is 3.68. The van der Waals surface area contributed by atoms with Crippen LogP contribution in [0.25, 0.3) is 10.4 Å². The van der Waals surface area contributed by atoms with Gasteiger partial charge in [0.15, 0.2) is 16.1 Å². The molecular formula is C13H12ClN7S. The molecule has 0 aliphatic rings. The van der Waals surface area contributed by atoms with Gasteiger partial charge in [-0.3, -0.25) is 0 Å². The Bertz CT molecular complexity index is 715. The molecule has 1 aromatic heterocycles. The van der Waals surface area contributed by atoms with E-state index in [0.29, 0.717) is 29.6 Å². The van der Waals surface area contributed by atoms with Crippen molar-refractivity contribution in [3.05, 3.63) is 57.8 Å². The molecule has 2 rings (SSSR count). The molecule has 0 saturated carbocycles. The summed E-state index contributed by atoms with van der Waals surface area (Å²) in [6.45, 7) is 0.571. The molecule has 1 aromatic carbocycles. The molecule has 0 aliphatic heterocycles. The van der Waals surface area contributed by atoms with Crippen LogP contribution in [-0.2, 0) is 6.42 Å². The zero-order chi connectivity index (χ0) is 15.8. The Kier molecular flexibility index (Phi) is 5.91. The van der Waals surface area contributed by atoms with E-state index in [1.807, 2.05) is 18.2 Å². The van der Waals surface area contributed by atoms with Gasteiger partial charge in [0.25, 0.3) is 0 Å². The Morgan fingerprint density at radius 1 is 1.32 bits per heavy atom. The van der Waals surface area contributed by atoms with E-state index in [-0.39, 0.29) is 5.15 Å². The molecule has 2 N–H and O–H groups in total. The average Bonchev–Trinajstić information content (AvgIpc) is 2.51. The Balaban J connectivity index is 1.88. The molecular weight excluding hydrogens is 322 g/mol. The third kappa shape index (κ3) is 4.56. The molecule has 0 amide bonds. The SMILES string of the molecule is [N-]=[N+]=Nc1ccccc1CCNC(=S)Nc1nccnc1Cl. The molecule has 7 nitrogen and oxygen atoms in total. The second-order valence-corrected chi connectivity index (χ2v) is 4.91. The lowest BCUT2D eigenvalue weighted by Gasteiger charge is -2.11. The molecule has 0 atom stereocenters. The van der Waals surface area contributed by atoms with Gasteiger partial charge < -0.3 is 10.6 Å². The predicted octanol–water partition coefficient (Wildman–Crippen LogP) is 3.60. The van der Waals surface area contributed by atoms with Crippen LogP contribution in [0, 0.1) is 0 Å². The number of benzene rings is 1. The van der Waals surface area contributed by atoms with Crippen LogP contribution in [0.15, 0.2) is 41.8 Å². The number of hydrogen-bond acceptors (Lipinski definition) is 4. The van der Waals surface area contributed by atoms with Crippen LogP contribution in [0.2, 0.25) is 5.15 Å². The van der Waals surface area contributed by atoms with E-state index in [1.165, 1.54) is 12.4 Å². The molecule has 0 saturated heterocycles. The van der Waals surface area contributed by atoms with E-state index in [9.17, 15) is 0 Å². The number of aromatic nitrogens is 2. The second-order valence-electron chi connectivity index (χ2n) is 4.14.